The molecule has 0 fully saturated rings. The predicted octanol–water partition coefficient (Wildman–Crippen LogP) is 3.76. The summed E-state index contributed by atoms with van der Waals surface area (Å²) in [5.74, 6) is 0.676. The second-order valence-electron chi connectivity index (χ2n) is 4.64. The van der Waals surface area contributed by atoms with E-state index in [0.29, 0.717) is 24.5 Å². The van der Waals surface area contributed by atoms with Crippen LogP contribution in [0.4, 0.5) is 5.69 Å². The zero-order valence-electron chi connectivity index (χ0n) is 12.1. The molecule has 0 aliphatic rings. The van der Waals surface area contributed by atoms with Crippen LogP contribution >= 0.6 is 0 Å². The van der Waals surface area contributed by atoms with Gasteiger partial charge in [-0.1, -0.05) is 12.1 Å². The highest BCUT2D eigenvalue weighted by Gasteiger charge is 2.05. The summed E-state index contributed by atoms with van der Waals surface area (Å²) in [4.78, 5) is 10.1. The molecule has 22 heavy (non-hydrogen) atoms. The molecule has 0 radical (unpaired) electrons. The number of nitrogens with zero attached hydrogens (tertiary/aromatic N) is 2. The topological polar surface area (TPSA) is 85.0 Å². The molecular formula is C16H16N2O4. The van der Waals surface area contributed by atoms with E-state index >= 15 is 0 Å². The van der Waals surface area contributed by atoms with E-state index in [0.717, 1.165) is 11.1 Å². The van der Waals surface area contributed by atoms with Gasteiger partial charge in [0.05, 0.1) is 10.6 Å². The van der Waals surface area contributed by atoms with Crippen molar-refractivity contribution in [2.45, 2.75) is 20.0 Å². The number of nitro benzene ring substituents is 1. The number of non-ortho nitro benzene ring substituents is 1. The van der Waals surface area contributed by atoms with Gasteiger partial charge in [-0.25, -0.2) is 0 Å². The third-order valence-electron chi connectivity index (χ3n) is 3.20. The summed E-state index contributed by atoms with van der Waals surface area (Å²) in [6.45, 7) is 2.24. The smallest absolute Gasteiger partial charge is 0.269 e. The maximum atomic E-state index is 10.6. The van der Waals surface area contributed by atoms with Crippen molar-refractivity contribution < 1.29 is 14.9 Å². The van der Waals surface area contributed by atoms with Gasteiger partial charge in [0, 0.05) is 12.1 Å². The molecule has 0 spiro atoms. The summed E-state index contributed by atoms with van der Waals surface area (Å²) < 4.78 is 5.62. The Bertz CT molecular complexity index is 664. The van der Waals surface area contributed by atoms with Crippen LogP contribution < -0.4 is 4.74 Å². The van der Waals surface area contributed by atoms with Crippen molar-refractivity contribution in [3.8, 4) is 5.75 Å². The van der Waals surface area contributed by atoms with Gasteiger partial charge in [-0.05, 0) is 53.9 Å². The van der Waals surface area contributed by atoms with Crippen LogP contribution in [0.15, 0.2) is 53.7 Å². The summed E-state index contributed by atoms with van der Waals surface area (Å²) in [6.07, 6.45) is 0.638. The van der Waals surface area contributed by atoms with Crippen molar-refractivity contribution in [2.75, 3.05) is 0 Å². The van der Waals surface area contributed by atoms with Crippen molar-refractivity contribution in [1.29, 1.82) is 0 Å². The van der Waals surface area contributed by atoms with E-state index in [2.05, 4.69) is 5.16 Å². The Morgan fingerprint density at radius 3 is 2.32 bits per heavy atom. The van der Waals surface area contributed by atoms with E-state index < -0.39 is 4.92 Å². The van der Waals surface area contributed by atoms with Crippen molar-refractivity contribution in [3.05, 3.63) is 69.8 Å². The summed E-state index contributed by atoms with van der Waals surface area (Å²) in [7, 11) is 0. The van der Waals surface area contributed by atoms with Crippen LogP contribution in [0.3, 0.4) is 0 Å². The minimum absolute atomic E-state index is 0.0588. The summed E-state index contributed by atoms with van der Waals surface area (Å²) in [5, 5.41) is 22.7. The SMILES string of the molecule is CC/C(=N\O)c1ccc(OCc2ccc([N+](=O)[O-])cc2)cc1. The van der Waals surface area contributed by atoms with Crippen molar-refractivity contribution in [3.63, 3.8) is 0 Å². The molecule has 6 nitrogen and oxygen atoms in total. The Labute approximate surface area is 127 Å². The molecular weight excluding hydrogens is 284 g/mol. The zero-order chi connectivity index (χ0) is 15.9. The standard InChI is InChI=1S/C16H16N2O4/c1-2-16(17-19)13-5-9-15(10-6-13)22-11-12-3-7-14(8-4-12)18(20)21/h3-10,19H,2,11H2,1H3/b17-16+. The van der Waals surface area contributed by atoms with Gasteiger partial charge in [0.2, 0.25) is 0 Å². The van der Waals surface area contributed by atoms with Gasteiger partial charge in [-0.15, -0.1) is 0 Å². The molecule has 2 aromatic carbocycles. The molecule has 2 rings (SSSR count). The maximum Gasteiger partial charge on any atom is 0.269 e. The molecule has 114 valence electrons. The number of oxime groups is 1. The molecule has 0 amide bonds. The zero-order valence-corrected chi connectivity index (χ0v) is 12.1. The lowest BCUT2D eigenvalue weighted by Crippen LogP contribution is -2.00. The van der Waals surface area contributed by atoms with Crippen molar-refractivity contribution in [1.82, 2.24) is 0 Å². The van der Waals surface area contributed by atoms with Gasteiger partial charge in [0.1, 0.15) is 12.4 Å². The lowest BCUT2D eigenvalue weighted by molar-refractivity contribution is -0.384. The molecule has 0 unspecified atom stereocenters. The predicted molar refractivity (Wildman–Crippen MR) is 82.5 cm³/mol. The lowest BCUT2D eigenvalue weighted by atomic mass is 10.1. The first-order chi connectivity index (χ1) is 10.6. The normalized spacial score (nSPS) is 11.2. The van der Waals surface area contributed by atoms with E-state index in [9.17, 15) is 10.1 Å². The monoisotopic (exact) mass is 300 g/mol. The van der Waals surface area contributed by atoms with Crippen LogP contribution in [-0.2, 0) is 6.61 Å². The molecule has 0 bridgehead atoms. The number of hydrogen-bond donors (Lipinski definition) is 1. The molecule has 0 saturated heterocycles. The third-order valence-corrected chi connectivity index (χ3v) is 3.20. The fourth-order valence-electron chi connectivity index (χ4n) is 1.96. The lowest BCUT2D eigenvalue weighted by Gasteiger charge is -2.07. The van der Waals surface area contributed by atoms with Gasteiger partial charge in [0.15, 0.2) is 0 Å². The van der Waals surface area contributed by atoms with Crippen LogP contribution in [0.25, 0.3) is 0 Å². The molecule has 0 aromatic heterocycles. The third kappa shape index (κ3) is 3.82. The summed E-state index contributed by atoms with van der Waals surface area (Å²) in [5.41, 5.74) is 2.36. The van der Waals surface area contributed by atoms with E-state index in [1.165, 1.54) is 12.1 Å². The Morgan fingerprint density at radius 2 is 1.82 bits per heavy atom. The number of nitro groups is 1. The number of hydrogen-bond acceptors (Lipinski definition) is 5. The first kappa shape index (κ1) is 15.5. The molecule has 0 heterocycles. The van der Waals surface area contributed by atoms with Crippen LogP contribution in [0.2, 0.25) is 0 Å². The van der Waals surface area contributed by atoms with Crippen molar-refractivity contribution >= 4 is 11.4 Å². The highest BCUT2D eigenvalue weighted by molar-refractivity contribution is 6.00. The summed E-state index contributed by atoms with van der Waals surface area (Å²) in [6, 6.07) is 13.5. The van der Waals surface area contributed by atoms with Gasteiger partial charge >= 0.3 is 0 Å². The molecule has 0 aliphatic heterocycles. The van der Waals surface area contributed by atoms with Crippen LogP contribution in [0, 0.1) is 10.1 Å². The van der Waals surface area contributed by atoms with Crippen molar-refractivity contribution in [2.24, 2.45) is 5.16 Å². The molecule has 6 heteroatoms. The van der Waals surface area contributed by atoms with Gasteiger partial charge in [-0.2, -0.15) is 0 Å². The van der Waals surface area contributed by atoms with Gasteiger partial charge in [0.25, 0.3) is 5.69 Å². The first-order valence-corrected chi connectivity index (χ1v) is 6.81. The second-order valence-corrected chi connectivity index (χ2v) is 4.64. The van der Waals surface area contributed by atoms with Gasteiger partial charge < -0.3 is 9.94 Å². The highest BCUT2D eigenvalue weighted by atomic mass is 16.6. The van der Waals surface area contributed by atoms with Crippen LogP contribution in [-0.4, -0.2) is 15.8 Å². The average Bonchev–Trinajstić information content (AvgIpc) is 2.55. The molecule has 2 aromatic rings. The molecule has 1 N–H and O–H groups in total. The maximum absolute atomic E-state index is 10.6. The minimum atomic E-state index is -0.433. The summed E-state index contributed by atoms with van der Waals surface area (Å²) >= 11 is 0. The average molecular weight is 300 g/mol. The number of ether oxygens (including phenoxy) is 1. The Balaban J connectivity index is 1.98. The van der Waals surface area contributed by atoms with Gasteiger partial charge in [-0.3, -0.25) is 10.1 Å². The fraction of sp³-hybridized carbons (Fsp3) is 0.188. The Hall–Kier alpha value is -2.89. The van der Waals surface area contributed by atoms with E-state index in [-0.39, 0.29) is 5.69 Å². The quantitative estimate of drug-likeness (QED) is 0.381. The van der Waals surface area contributed by atoms with E-state index in [1.54, 1.807) is 24.3 Å². The molecule has 0 saturated carbocycles. The van der Waals surface area contributed by atoms with E-state index in [4.69, 9.17) is 9.94 Å². The largest absolute Gasteiger partial charge is 0.489 e. The van der Waals surface area contributed by atoms with E-state index in [1.807, 2.05) is 19.1 Å². The second kappa shape index (κ2) is 7.21. The first-order valence-electron chi connectivity index (χ1n) is 6.81. The van der Waals surface area contributed by atoms with Crippen LogP contribution in [0.1, 0.15) is 24.5 Å². The highest BCUT2D eigenvalue weighted by Crippen LogP contribution is 2.17. The minimum Gasteiger partial charge on any atom is -0.489 e. The molecule has 0 atom stereocenters. The number of benzene rings is 2. The molecule has 0 aliphatic carbocycles. The fourth-order valence-corrected chi connectivity index (χ4v) is 1.96. The Morgan fingerprint density at radius 1 is 1.18 bits per heavy atom. The Kier molecular flexibility index (Phi) is 5.08. The van der Waals surface area contributed by atoms with Crippen LogP contribution in [0.5, 0.6) is 5.75 Å². The number of rotatable bonds is 6.